The van der Waals surface area contributed by atoms with E-state index in [1.54, 1.807) is 31.2 Å². The molecule has 1 aliphatic heterocycles. The van der Waals surface area contributed by atoms with Gasteiger partial charge in [0.2, 0.25) is 10.0 Å². The molecule has 0 aliphatic carbocycles. The number of carbonyl (C=O) groups excluding carboxylic acids is 1. The molecule has 1 aliphatic rings. The second kappa shape index (κ2) is 8.32. The lowest BCUT2D eigenvalue weighted by Gasteiger charge is -2.20. The van der Waals surface area contributed by atoms with Gasteiger partial charge < -0.3 is 9.64 Å². The van der Waals surface area contributed by atoms with E-state index in [1.165, 1.54) is 16.4 Å². The summed E-state index contributed by atoms with van der Waals surface area (Å²) in [5, 5.41) is 0. The third kappa shape index (κ3) is 4.20. The van der Waals surface area contributed by atoms with E-state index in [1.807, 2.05) is 25.1 Å². The number of hydrogen-bond donors (Lipinski definition) is 0. The van der Waals surface area contributed by atoms with Gasteiger partial charge in [-0.1, -0.05) is 17.7 Å². The van der Waals surface area contributed by atoms with E-state index >= 15 is 0 Å². The number of rotatable bonds is 6. The number of hydrogen-bond acceptors (Lipinski definition) is 4. The second-order valence-corrected chi connectivity index (χ2v) is 9.05. The summed E-state index contributed by atoms with van der Waals surface area (Å²) < 4.78 is 32.1. The van der Waals surface area contributed by atoms with Gasteiger partial charge in [-0.3, -0.25) is 4.79 Å². The number of ether oxygens (including phenoxy) is 1. The summed E-state index contributed by atoms with van der Waals surface area (Å²) in [4.78, 5) is 14.6. The van der Waals surface area contributed by atoms with E-state index in [2.05, 4.69) is 0 Å². The highest BCUT2D eigenvalue weighted by Gasteiger charge is 2.27. The summed E-state index contributed by atoms with van der Waals surface area (Å²) in [6.45, 7) is 3.51. The van der Waals surface area contributed by atoms with Crippen LogP contribution in [0.1, 0.15) is 34.3 Å². The molecule has 2 aromatic rings. The van der Waals surface area contributed by atoms with Gasteiger partial charge in [0, 0.05) is 37.8 Å². The normalized spacial score (nSPS) is 14.8. The van der Waals surface area contributed by atoms with Crippen LogP contribution in [-0.4, -0.2) is 50.8 Å². The molecule has 0 N–H and O–H groups in total. The van der Waals surface area contributed by atoms with Gasteiger partial charge in [0.15, 0.2) is 0 Å². The zero-order valence-corrected chi connectivity index (χ0v) is 17.3. The molecule has 0 aromatic heterocycles. The van der Waals surface area contributed by atoms with Crippen molar-refractivity contribution in [3.63, 3.8) is 0 Å². The quantitative estimate of drug-likeness (QED) is 0.745. The Bertz CT molecular complexity index is 949. The van der Waals surface area contributed by atoms with Crippen molar-refractivity contribution in [1.29, 1.82) is 0 Å². The van der Waals surface area contributed by atoms with Crippen molar-refractivity contribution in [1.82, 2.24) is 9.21 Å². The van der Waals surface area contributed by atoms with Gasteiger partial charge >= 0.3 is 0 Å². The first-order valence-corrected chi connectivity index (χ1v) is 10.8. The molecule has 0 unspecified atom stereocenters. The summed E-state index contributed by atoms with van der Waals surface area (Å²) >= 11 is 0. The lowest BCUT2D eigenvalue weighted by molar-refractivity contribution is 0.0784. The van der Waals surface area contributed by atoms with Gasteiger partial charge in [-0.2, -0.15) is 4.31 Å². The van der Waals surface area contributed by atoms with Gasteiger partial charge in [-0.05, 0) is 50.1 Å². The first-order valence-electron chi connectivity index (χ1n) is 9.32. The Balaban J connectivity index is 1.75. The Labute approximate surface area is 166 Å². The Morgan fingerprint density at radius 2 is 1.75 bits per heavy atom. The molecule has 1 fully saturated rings. The molecule has 0 radical (unpaired) electrons. The van der Waals surface area contributed by atoms with Crippen LogP contribution in [0.2, 0.25) is 0 Å². The minimum atomic E-state index is -3.47. The van der Waals surface area contributed by atoms with Crippen molar-refractivity contribution in [2.24, 2.45) is 0 Å². The summed E-state index contributed by atoms with van der Waals surface area (Å²) in [6, 6.07) is 12.0. The Morgan fingerprint density at radius 3 is 2.36 bits per heavy atom. The lowest BCUT2D eigenvalue weighted by Crippen LogP contribution is -2.28. The Kier molecular flexibility index (Phi) is 6.05. The molecule has 0 saturated carbocycles. The zero-order chi connectivity index (χ0) is 20.3. The fourth-order valence-corrected chi connectivity index (χ4v) is 4.94. The molecule has 0 bridgehead atoms. The van der Waals surface area contributed by atoms with Crippen LogP contribution in [0.4, 0.5) is 0 Å². The molecule has 1 saturated heterocycles. The molecule has 6 nitrogen and oxygen atoms in total. The van der Waals surface area contributed by atoms with Crippen molar-refractivity contribution in [3.05, 3.63) is 59.2 Å². The van der Waals surface area contributed by atoms with E-state index < -0.39 is 10.0 Å². The Morgan fingerprint density at radius 1 is 1.11 bits per heavy atom. The van der Waals surface area contributed by atoms with Crippen LogP contribution in [-0.2, 0) is 16.6 Å². The average Bonchev–Trinajstić information content (AvgIpc) is 3.23. The average molecular weight is 403 g/mol. The van der Waals surface area contributed by atoms with Crippen LogP contribution in [0.3, 0.4) is 0 Å². The summed E-state index contributed by atoms with van der Waals surface area (Å²) in [7, 11) is -0.144. The third-order valence-corrected chi connectivity index (χ3v) is 6.91. The molecule has 0 atom stereocenters. The van der Waals surface area contributed by atoms with Crippen molar-refractivity contribution in [2.75, 3.05) is 27.2 Å². The molecule has 7 heteroatoms. The monoisotopic (exact) mass is 402 g/mol. The highest BCUT2D eigenvalue weighted by molar-refractivity contribution is 7.89. The van der Waals surface area contributed by atoms with Gasteiger partial charge in [-0.25, -0.2) is 8.42 Å². The summed E-state index contributed by atoms with van der Waals surface area (Å²) in [6.07, 6.45) is 1.78. The van der Waals surface area contributed by atoms with Crippen LogP contribution < -0.4 is 4.74 Å². The van der Waals surface area contributed by atoms with Crippen molar-refractivity contribution >= 4 is 15.9 Å². The van der Waals surface area contributed by atoms with Gasteiger partial charge in [0.1, 0.15) is 5.75 Å². The van der Waals surface area contributed by atoms with Crippen molar-refractivity contribution in [3.8, 4) is 5.75 Å². The highest BCUT2D eigenvalue weighted by atomic mass is 32.2. The minimum absolute atomic E-state index is 0.173. The topological polar surface area (TPSA) is 66.9 Å². The van der Waals surface area contributed by atoms with E-state index in [0.29, 0.717) is 25.2 Å². The predicted octanol–water partition coefficient (Wildman–Crippen LogP) is 3.06. The van der Waals surface area contributed by atoms with Gasteiger partial charge in [0.05, 0.1) is 12.0 Å². The molecule has 28 heavy (non-hydrogen) atoms. The molecular formula is C21H26N2O4S. The molecule has 3 rings (SSSR count). The lowest BCUT2D eigenvalue weighted by atomic mass is 10.1. The maximum Gasteiger partial charge on any atom is 0.253 e. The van der Waals surface area contributed by atoms with Crippen LogP contribution in [0.5, 0.6) is 5.75 Å². The second-order valence-electron chi connectivity index (χ2n) is 7.11. The van der Waals surface area contributed by atoms with Crippen LogP contribution in [0.15, 0.2) is 47.4 Å². The maximum absolute atomic E-state index is 12.8. The zero-order valence-electron chi connectivity index (χ0n) is 16.5. The Hall–Kier alpha value is -2.38. The molecule has 1 amide bonds. The number of methoxy groups -OCH3 is 1. The van der Waals surface area contributed by atoms with E-state index in [4.69, 9.17) is 4.74 Å². The SMILES string of the molecule is COc1ccc(C)cc1CN(C)C(=O)c1ccc(S(=O)(=O)N2CCCC2)cc1. The number of carbonyl (C=O) groups is 1. The number of benzene rings is 2. The molecular weight excluding hydrogens is 376 g/mol. The van der Waals surface area contributed by atoms with Crippen molar-refractivity contribution < 1.29 is 17.9 Å². The predicted molar refractivity (Wildman–Crippen MR) is 108 cm³/mol. The number of sulfonamides is 1. The maximum atomic E-state index is 12.8. The van der Waals surface area contributed by atoms with Crippen molar-refractivity contribution in [2.45, 2.75) is 31.2 Å². The number of aryl methyl sites for hydroxylation is 1. The van der Waals surface area contributed by atoms with Crippen LogP contribution in [0.25, 0.3) is 0 Å². The first-order chi connectivity index (χ1) is 13.3. The first kappa shape index (κ1) is 20.4. The van der Waals surface area contributed by atoms with Gasteiger partial charge in [-0.15, -0.1) is 0 Å². The smallest absolute Gasteiger partial charge is 0.253 e. The van der Waals surface area contributed by atoms with Crippen LogP contribution in [0, 0.1) is 6.92 Å². The molecule has 1 heterocycles. The van der Waals surface area contributed by atoms with E-state index in [9.17, 15) is 13.2 Å². The summed E-state index contributed by atoms with van der Waals surface area (Å²) in [5.41, 5.74) is 2.47. The van der Waals surface area contributed by atoms with E-state index in [0.717, 1.165) is 29.7 Å². The fraction of sp³-hybridized carbons (Fsp3) is 0.381. The molecule has 0 spiro atoms. The summed E-state index contributed by atoms with van der Waals surface area (Å²) in [5.74, 6) is 0.561. The standard InChI is InChI=1S/C21H26N2O4S/c1-16-6-11-20(27-3)18(14-16)15-22(2)21(24)17-7-9-19(10-8-17)28(25,26)23-12-4-5-13-23/h6-11,14H,4-5,12-13,15H2,1-3H3. The third-order valence-electron chi connectivity index (χ3n) is 4.99. The largest absolute Gasteiger partial charge is 0.496 e. The fourth-order valence-electron chi connectivity index (χ4n) is 3.43. The highest BCUT2D eigenvalue weighted by Crippen LogP contribution is 2.23. The van der Waals surface area contributed by atoms with Gasteiger partial charge in [0.25, 0.3) is 5.91 Å². The number of nitrogens with zero attached hydrogens (tertiary/aromatic N) is 2. The van der Waals surface area contributed by atoms with Crippen LogP contribution >= 0.6 is 0 Å². The minimum Gasteiger partial charge on any atom is -0.496 e. The molecule has 2 aromatic carbocycles. The van der Waals surface area contributed by atoms with E-state index in [-0.39, 0.29) is 10.8 Å². The molecule has 150 valence electrons. The number of amides is 1.